The Bertz CT molecular complexity index is 265. The standard InChI is InChI=1S/C10H18N2O5/c1-2-12(6-9(13)14)10(15)11-5-8-7-16-3-4-17-8/h8H,2-7H2,1H3,(H,11,15)(H,13,14). The average molecular weight is 246 g/mol. The van der Waals surface area contributed by atoms with Gasteiger partial charge in [-0.2, -0.15) is 0 Å². The van der Waals surface area contributed by atoms with E-state index in [0.717, 1.165) is 0 Å². The fraction of sp³-hybridized carbons (Fsp3) is 0.800. The van der Waals surface area contributed by atoms with Crippen LogP contribution >= 0.6 is 0 Å². The summed E-state index contributed by atoms with van der Waals surface area (Å²) >= 11 is 0. The van der Waals surface area contributed by atoms with Crippen molar-refractivity contribution >= 4 is 12.0 Å². The topological polar surface area (TPSA) is 88.1 Å². The average Bonchev–Trinajstić information content (AvgIpc) is 2.34. The van der Waals surface area contributed by atoms with Crippen molar-refractivity contribution in [1.82, 2.24) is 10.2 Å². The third-order valence-electron chi connectivity index (χ3n) is 2.36. The van der Waals surface area contributed by atoms with Gasteiger partial charge < -0.3 is 24.8 Å². The molecule has 1 aliphatic rings. The van der Waals surface area contributed by atoms with Crippen molar-refractivity contribution in [2.75, 3.05) is 39.5 Å². The summed E-state index contributed by atoms with van der Waals surface area (Å²) in [5.41, 5.74) is 0. The molecule has 0 spiro atoms. The summed E-state index contributed by atoms with van der Waals surface area (Å²) in [6.07, 6.45) is -0.156. The maximum atomic E-state index is 11.6. The van der Waals surface area contributed by atoms with Crippen LogP contribution in [0.3, 0.4) is 0 Å². The number of aliphatic carboxylic acids is 1. The summed E-state index contributed by atoms with van der Waals surface area (Å²) in [6.45, 7) is 3.64. The molecule has 7 nitrogen and oxygen atoms in total. The number of nitrogens with zero attached hydrogens (tertiary/aromatic N) is 1. The highest BCUT2D eigenvalue weighted by Crippen LogP contribution is 1.99. The van der Waals surface area contributed by atoms with Crippen LogP contribution in [-0.2, 0) is 14.3 Å². The van der Waals surface area contributed by atoms with Gasteiger partial charge >= 0.3 is 12.0 Å². The molecular formula is C10H18N2O5. The maximum Gasteiger partial charge on any atom is 0.323 e. The van der Waals surface area contributed by atoms with Crippen LogP contribution in [0, 0.1) is 0 Å². The lowest BCUT2D eigenvalue weighted by atomic mass is 10.3. The van der Waals surface area contributed by atoms with Crippen LogP contribution in [0.2, 0.25) is 0 Å². The van der Waals surface area contributed by atoms with E-state index in [4.69, 9.17) is 14.6 Å². The highest BCUT2D eigenvalue weighted by Gasteiger charge is 2.18. The molecule has 2 amide bonds. The minimum absolute atomic E-state index is 0.156. The second kappa shape index (κ2) is 7.08. The van der Waals surface area contributed by atoms with Crippen molar-refractivity contribution in [3.63, 3.8) is 0 Å². The number of urea groups is 1. The van der Waals surface area contributed by atoms with Gasteiger partial charge in [0.2, 0.25) is 0 Å². The molecular weight excluding hydrogens is 228 g/mol. The van der Waals surface area contributed by atoms with Crippen molar-refractivity contribution in [2.45, 2.75) is 13.0 Å². The molecule has 0 aromatic rings. The Labute approximate surface area is 99.7 Å². The molecule has 0 aliphatic carbocycles. The summed E-state index contributed by atoms with van der Waals surface area (Å²) in [4.78, 5) is 23.3. The number of carbonyl (C=O) groups excluding carboxylic acids is 1. The van der Waals surface area contributed by atoms with Crippen molar-refractivity contribution in [1.29, 1.82) is 0 Å². The number of hydrogen-bond acceptors (Lipinski definition) is 4. The number of amides is 2. The lowest BCUT2D eigenvalue weighted by molar-refractivity contribution is -0.137. The summed E-state index contributed by atoms with van der Waals surface area (Å²) in [7, 11) is 0. The molecule has 1 rings (SSSR count). The highest BCUT2D eigenvalue weighted by molar-refractivity contribution is 5.80. The Morgan fingerprint density at radius 2 is 2.24 bits per heavy atom. The number of carbonyl (C=O) groups is 2. The van der Waals surface area contributed by atoms with Crippen LogP contribution < -0.4 is 5.32 Å². The summed E-state index contributed by atoms with van der Waals surface area (Å²) in [6, 6.07) is -0.399. The van der Waals surface area contributed by atoms with Gasteiger partial charge in [-0.1, -0.05) is 0 Å². The van der Waals surface area contributed by atoms with E-state index in [1.807, 2.05) is 0 Å². The first-order chi connectivity index (χ1) is 8.13. The smallest absolute Gasteiger partial charge is 0.323 e. The van der Waals surface area contributed by atoms with E-state index in [-0.39, 0.29) is 12.6 Å². The number of carboxylic acids is 1. The predicted molar refractivity (Wildman–Crippen MR) is 58.8 cm³/mol. The van der Waals surface area contributed by atoms with Gasteiger partial charge in [0.15, 0.2) is 0 Å². The first-order valence-corrected chi connectivity index (χ1v) is 5.57. The minimum atomic E-state index is -1.03. The fourth-order valence-electron chi connectivity index (χ4n) is 1.46. The Balaban J connectivity index is 2.28. The Hall–Kier alpha value is -1.34. The van der Waals surface area contributed by atoms with E-state index in [1.165, 1.54) is 4.90 Å². The molecule has 1 aliphatic heterocycles. The van der Waals surface area contributed by atoms with E-state index >= 15 is 0 Å². The van der Waals surface area contributed by atoms with Gasteiger partial charge in [-0.25, -0.2) is 4.79 Å². The second-order valence-electron chi connectivity index (χ2n) is 3.66. The zero-order chi connectivity index (χ0) is 12.7. The molecule has 0 bridgehead atoms. The quantitative estimate of drug-likeness (QED) is 0.684. The van der Waals surface area contributed by atoms with Crippen molar-refractivity contribution in [2.24, 2.45) is 0 Å². The van der Waals surface area contributed by atoms with Gasteiger partial charge in [-0.3, -0.25) is 4.79 Å². The molecule has 7 heteroatoms. The minimum Gasteiger partial charge on any atom is -0.480 e. The van der Waals surface area contributed by atoms with Crippen LogP contribution in [0.4, 0.5) is 4.79 Å². The van der Waals surface area contributed by atoms with Gasteiger partial charge in [-0.05, 0) is 6.92 Å². The molecule has 0 radical (unpaired) electrons. The molecule has 0 aromatic heterocycles. The third-order valence-corrected chi connectivity index (χ3v) is 2.36. The highest BCUT2D eigenvalue weighted by atomic mass is 16.6. The lowest BCUT2D eigenvalue weighted by Crippen LogP contribution is -2.47. The molecule has 2 N–H and O–H groups in total. The Morgan fingerprint density at radius 1 is 1.47 bits per heavy atom. The normalized spacial score (nSPS) is 19.7. The molecule has 1 fully saturated rings. The van der Waals surface area contributed by atoms with Crippen molar-refractivity contribution in [3.8, 4) is 0 Å². The van der Waals surface area contributed by atoms with Crippen LogP contribution in [0.25, 0.3) is 0 Å². The number of carboxylic acid groups (broad SMARTS) is 1. The first kappa shape index (κ1) is 13.7. The van der Waals surface area contributed by atoms with Gasteiger partial charge in [0.05, 0.1) is 25.9 Å². The van der Waals surface area contributed by atoms with Gasteiger partial charge in [0, 0.05) is 13.1 Å². The Kier molecular flexibility index (Phi) is 5.71. The van der Waals surface area contributed by atoms with Crippen LogP contribution in [0.1, 0.15) is 6.92 Å². The molecule has 1 unspecified atom stereocenters. The van der Waals surface area contributed by atoms with E-state index in [0.29, 0.717) is 32.9 Å². The fourth-order valence-corrected chi connectivity index (χ4v) is 1.46. The zero-order valence-corrected chi connectivity index (χ0v) is 9.85. The number of rotatable bonds is 5. The molecule has 1 atom stereocenters. The molecule has 1 saturated heterocycles. The van der Waals surface area contributed by atoms with Gasteiger partial charge in [0.1, 0.15) is 6.54 Å². The number of hydrogen-bond donors (Lipinski definition) is 2. The second-order valence-corrected chi connectivity index (χ2v) is 3.66. The van der Waals surface area contributed by atoms with E-state index in [2.05, 4.69) is 5.32 Å². The van der Waals surface area contributed by atoms with Crippen LogP contribution in [0.15, 0.2) is 0 Å². The van der Waals surface area contributed by atoms with Crippen molar-refractivity contribution < 1.29 is 24.2 Å². The molecule has 0 aromatic carbocycles. The summed E-state index contributed by atoms with van der Waals surface area (Å²) in [5.74, 6) is -1.03. The van der Waals surface area contributed by atoms with E-state index in [1.54, 1.807) is 6.92 Å². The number of ether oxygens (including phenoxy) is 2. The molecule has 98 valence electrons. The first-order valence-electron chi connectivity index (χ1n) is 5.57. The predicted octanol–water partition coefficient (Wildman–Crippen LogP) is -0.482. The van der Waals surface area contributed by atoms with E-state index in [9.17, 15) is 9.59 Å². The van der Waals surface area contributed by atoms with Gasteiger partial charge in [0.25, 0.3) is 0 Å². The maximum absolute atomic E-state index is 11.6. The molecule has 0 saturated carbocycles. The van der Waals surface area contributed by atoms with E-state index < -0.39 is 12.0 Å². The zero-order valence-electron chi connectivity index (χ0n) is 9.85. The third kappa shape index (κ3) is 5.01. The molecule has 17 heavy (non-hydrogen) atoms. The number of nitrogens with one attached hydrogen (secondary N) is 1. The monoisotopic (exact) mass is 246 g/mol. The summed E-state index contributed by atoms with van der Waals surface area (Å²) in [5, 5.41) is 11.2. The lowest BCUT2D eigenvalue weighted by Gasteiger charge is -2.25. The number of likely N-dealkylation sites (N-methyl/N-ethyl adjacent to an activating group) is 1. The molecule has 1 heterocycles. The van der Waals surface area contributed by atoms with Crippen LogP contribution in [0.5, 0.6) is 0 Å². The van der Waals surface area contributed by atoms with Crippen molar-refractivity contribution in [3.05, 3.63) is 0 Å². The SMILES string of the molecule is CCN(CC(=O)O)C(=O)NCC1COCCO1. The summed E-state index contributed by atoms with van der Waals surface area (Å²) < 4.78 is 10.5. The Morgan fingerprint density at radius 3 is 2.76 bits per heavy atom. The largest absolute Gasteiger partial charge is 0.480 e. The van der Waals surface area contributed by atoms with Gasteiger partial charge in [-0.15, -0.1) is 0 Å². The van der Waals surface area contributed by atoms with Crippen LogP contribution in [-0.4, -0.2) is 67.6 Å².